The molecule has 1 aromatic heterocycles. The summed E-state index contributed by atoms with van der Waals surface area (Å²) in [5.74, 6) is 8.55. The Morgan fingerprint density at radius 3 is 2.55 bits per heavy atom. The molecule has 2 aliphatic carbocycles. The molecule has 2 bridgehead atoms. The average molecular weight is 275 g/mol. The van der Waals surface area contributed by atoms with Gasteiger partial charge in [-0.3, -0.25) is 0 Å². The van der Waals surface area contributed by atoms with Gasteiger partial charge in [0.05, 0.1) is 0 Å². The van der Waals surface area contributed by atoms with E-state index in [0.29, 0.717) is 22.7 Å². The lowest BCUT2D eigenvalue weighted by atomic mass is 9.68. The topological polar surface area (TPSA) is 75.9 Å². The van der Waals surface area contributed by atoms with Crippen molar-refractivity contribution in [1.82, 2.24) is 9.97 Å². The zero-order valence-corrected chi connectivity index (χ0v) is 12.8. The molecule has 3 rings (SSSR count). The lowest BCUT2D eigenvalue weighted by molar-refractivity contribution is 0.155. The van der Waals surface area contributed by atoms with Gasteiger partial charge >= 0.3 is 0 Å². The number of aryl methyl sites for hydroxylation is 1. The summed E-state index contributed by atoms with van der Waals surface area (Å²) in [6.45, 7) is 9.07. The van der Waals surface area contributed by atoms with Gasteiger partial charge in [0.15, 0.2) is 0 Å². The van der Waals surface area contributed by atoms with Crippen molar-refractivity contribution in [3.63, 3.8) is 0 Å². The van der Waals surface area contributed by atoms with E-state index in [0.717, 1.165) is 17.6 Å². The van der Waals surface area contributed by atoms with Gasteiger partial charge in [-0.25, -0.2) is 15.8 Å². The number of nitrogen functional groups attached to an aromatic ring is 1. The minimum Gasteiger partial charge on any atom is -0.366 e. The van der Waals surface area contributed by atoms with Gasteiger partial charge in [-0.05, 0) is 42.9 Å². The van der Waals surface area contributed by atoms with E-state index in [1.54, 1.807) is 0 Å². The Morgan fingerprint density at radius 1 is 1.25 bits per heavy atom. The molecule has 0 saturated heterocycles. The van der Waals surface area contributed by atoms with E-state index in [1.807, 2.05) is 13.0 Å². The van der Waals surface area contributed by atoms with E-state index < -0.39 is 0 Å². The molecule has 0 amide bonds. The number of rotatable bonds is 3. The zero-order valence-electron chi connectivity index (χ0n) is 12.8. The molecule has 2 aliphatic rings. The van der Waals surface area contributed by atoms with E-state index in [9.17, 15) is 0 Å². The van der Waals surface area contributed by atoms with Gasteiger partial charge in [0.25, 0.3) is 0 Å². The van der Waals surface area contributed by atoms with Crippen LogP contribution in [-0.4, -0.2) is 16.0 Å². The summed E-state index contributed by atoms with van der Waals surface area (Å²) in [7, 11) is 0. The standard InChI is InChI=1S/C15H25N5/c1-9-17-11(7-12(18-9)20-16)19-13-14(2,3)10-5-6-15(13,4)8-10/h7,10,13H,5-6,8,16H2,1-4H3,(H2,17,18,19,20). The molecule has 0 aliphatic heterocycles. The van der Waals surface area contributed by atoms with E-state index in [2.05, 4.69) is 41.5 Å². The van der Waals surface area contributed by atoms with Crippen molar-refractivity contribution in [2.75, 3.05) is 10.7 Å². The highest BCUT2D eigenvalue weighted by Crippen LogP contribution is 2.63. The average Bonchev–Trinajstić information content (AvgIpc) is 2.85. The van der Waals surface area contributed by atoms with Gasteiger partial charge in [-0.1, -0.05) is 20.8 Å². The predicted molar refractivity (Wildman–Crippen MR) is 81.2 cm³/mol. The highest BCUT2D eigenvalue weighted by molar-refractivity contribution is 5.48. The summed E-state index contributed by atoms with van der Waals surface area (Å²) >= 11 is 0. The van der Waals surface area contributed by atoms with Crippen LogP contribution in [0.1, 0.15) is 45.9 Å². The van der Waals surface area contributed by atoms with Crippen LogP contribution in [0.25, 0.3) is 0 Å². The fourth-order valence-corrected chi connectivity index (χ4v) is 4.53. The van der Waals surface area contributed by atoms with Gasteiger partial charge in [-0.2, -0.15) is 0 Å². The maximum atomic E-state index is 5.47. The van der Waals surface area contributed by atoms with Crippen molar-refractivity contribution in [2.24, 2.45) is 22.6 Å². The quantitative estimate of drug-likeness (QED) is 0.584. The van der Waals surface area contributed by atoms with Crippen LogP contribution in [-0.2, 0) is 0 Å². The fourth-order valence-electron chi connectivity index (χ4n) is 4.53. The third-order valence-electron chi connectivity index (χ3n) is 5.55. The number of nitrogens with zero attached hydrogens (tertiary/aromatic N) is 2. The summed E-state index contributed by atoms with van der Waals surface area (Å²) in [5, 5.41) is 3.67. The number of nitrogens with one attached hydrogen (secondary N) is 2. The Kier molecular flexibility index (Phi) is 2.94. The summed E-state index contributed by atoms with van der Waals surface area (Å²) in [6.07, 6.45) is 3.99. The SMILES string of the molecule is Cc1nc(NN)cc(NC2C3(C)CCC(C3)C2(C)C)n1. The van der Waals surface area contributed by atoms with Crippen molar-refractivity contribution in [3.8, 4) is 0 Å². The van der Waals surface area contributed by atoms with Gasteiger partial charge in [0.1, 0.15) is 17.5 Å². The van der Waals surface area contributed by atoms with Gasteiger partial charge in [0, 0.05) is 12.1 Å². The third kappa shape index (κ3) is 1.95. The van der Waals surface area contributed by atoms with Crippen LogP contribution >= 0.6 is 0 Å². The Hall–Kier alpha value is -1.36. The number of hydrogen-bond donors (Lipinski definition) is 3. The van der Waals surface area contributed by atoms with Gasteiger partial charge < -0.3 is 10.7 Å². The highest BCUT2D eigenvalue weighted by atomic mass is 15.3. The number of nitrogens with two attached hydrogens (primary N) is 1. The first kappa shape index (κ1) is 13.6. The smallest absolute Gasteiger partial charge is 0.145 e. The van der Waals surface area contributed by atoms with Crippen LogP contribution < -0.4 is 16.6 Å². The molecule has 1 aromatic rings. The summed E-state index contributed by atoms with van der Waals surface area (Å²) < 4.78 is 0. The molecule has 110 valence electrons. The third-order valence-corrected chi connectivity index (χ3v) is 5.55. The molecule has 1 heterocycles. The minimum atomic E-state index is 0.308. The molecule has 5 heteroatoms. The highest BCUT2D eigenvalue weighted by Gasteiger charge is 2.59. The first-order valence-electron chi connectivity index (χ1n) is 7.44. The molecular formula is C15H25N5. The Bertz CT molecular complexity index is 522. The molecule has 20 heavy (non-hydrogen) atoms. The molecule has 5 nitrogen and oxygen atoms in total. The van der Waals surface area contributed by atoms with Crippen molar-refractivity contribution in [3.05, 3.63) is 11.9 Å². The fraction of sp³-hybridized carbons (Fsp3) is 0.733. The molecule has 3 unspecified atom stereocenters. The number of hydrazine groups is 1. The summed E-state index contributed by atoms with van der Waals surface area (Å²) in [4.78, 5) is 8.75. The van der Waals surface area contributed by atoms with Crippen LogP contribution in [0, 0.1) is 23.7 Å². The monoisotopic (exact) mass is 275 g/mol. The Labute approximate surface area is 120 Å². The molecule has 3 atom stereocenters. The van der Waals surface area contributed by atoms with Crippen LogP contribution in [0.2, 0.25) is 0 Å². The van der Waals surface area contributed by atoms with Crippen LogP contribution in [0.5, 0.6) is 0 Å². The van der Waals surface area contributed by atoms with Gasteiger partial charge in [-0.15, -0.1) is 0 Å². The molecule has 0 spiro atoms. The zero-order chi connectivity index (χ0) is 14.5. The van der Waals surface area contributed by atoms with Crippen molar-refractivity contribution >= 4 is 11.6 Å². The Balaban J connectivity index is 1.89. The Morgan fingerprint density at radius 2 is 1.95 bits per heavy atom. The molecule has 2 fully saturated rings. The summed E-state index contributed by atoms with van der Waals surface area (Å²) in [5.41, 5.74) is 3.29. The molecule has 4 N–H and O–H groups in total. The van der Waals surface area contributed by atoms with Crippen LogP contribution in [0.4, 0.5) is 11.6 Å². The van der Waals surface area contributed by atoms with Gasteiger partial charge in [0.2, 0.25) is 0 Å². The lowest BCUT2D eigenvalue weighted by Crippen LogP contribution is -2.46. The van der Waals surface area contributed by atoms with E-state index in [1.165, 1.54) is 19.3 Å². The first-order chi connectivity index (χ1) is 9.35. The maximum absolute atomic E-state index is 5.47. The minimum absolute atomic E-state index is 0.308. The van der Waals surface area contributed by atoms with E-state index >= 15 is 0 Å². The maximum Gasteiger partial charge on any atom is 0.145 e. The van der Waals surface area contributed by atoms with E-state index in [-0.39, 0.29) is 0 Å². The largest absolute Gasteiger partial charge is 0.366 e. The first-order valence-corrected chi connectivity index (χ1v) is 7.44. The predicted octanol–water partition coefficient (Wildman–Crippen LogP) is 2.70. The normalized spacial score (nSPS) is 34.2. The second kappa shape index (κ2) is 4.32. The van der Waals surface area contributed by atoms with Crippen molar-refractivity contribution in [1.29, 1.82) is 0 Å². The number of aromatic nitrogens is 2. The van der Waals surface area contributed by atoms with Crippen molar-refractivity contribution in [2.45, 2.75) is 53.0 Å². The molecule has 0 aromatic carbocycles. The van der Waals surface area contributed by atoms with E-state index in [4.69, 9.17) is 5.84 Å². The number of hydrogen-bond acceptors (Lipinski definition) is 5. The molecule has 2 saturated carbocycles. The molecular weight excluding hydrogens is 250 g/mol. The summed E-state index contributed by atoms with van der Waals surface area (Å²) in [6, 6.07) is 2.34. The van der Waals surface area contributed by atoms with Crippen LogP contribution in [0.15, 0.2) is 6.07 Å². The second-order valence-electron chi connectivity index (χ2n) is 7.32. The number of anilines is 2. The lowest BCUT2D eigenvalue weighted by Gasteiger charge is -2.43. The van der Waals surface area contributed by atoms with Crippen molar-refractivity contribution < 1.29 is 0 Å². The molecule has 0 radical (unpaired) electrons. The number of fused-ring (bicyclic) bond motifs is 2. The second-order valence-corrected chi connectivity index (χ2v) is 7.32. The van der Waals surface area contributed by atoms with Crippen LogP contribution in [0.3, 0.4) is 0 Å².